The molecule has 76 valence electrons. The van der Waals surface area contributed by atoms with Gasteiger partial charge in [0.1, 0.15) is 0 Å². The topological polar surface area (TPSA) is 52.9 Å². The van der Waals surface area contributed by atoms with Crippen LogP contribution < -0.4 is 5.32 Å². The number of nitriles is 1. The number of hydrogen-bond donors (Lipinski definition) is 1. The zero-order chi connectivity index (χ0) is 10.8. The van der Waals surface area contributed by atoms with E-state index in [1.54, 1.807) is 6.07 Å². The van der Waals surface area contributed by atoms with E-state index < -0.39 is 10.8 Å². The van der Waals surface area contributed by atoms with Crippen LogP contribution in [0.2, 0.25) is 0 Å². The molecule has 0 aromatic carbocycles. The molecule has 0 radical (unpaired) electrons. The summed E-state index contributed by atoms with van der Waals surface area (Å²) in [5.41, 5.74) is 0.686. The number of rotatable bonds is 2. The molecular weight excluding hydrogens is 223 g/mol. The molecule has 1 N–H and O–H groups in total. The van der Waals surface area contributed by atoms with Gasteiger partial charge in [-0.15, -0.1) is 0 Å². The molecule has 14 heavy (non-hydrogen) atoms. The van der Waals surface area contributed by atoms with Crippen LogP contribution in [0.1, 0.15) is 26.2 Å². The lowest BCUT2D eigenvalue weighted by atomic mass is 9.99. The van der Waals surface area contributed by atoms with Crippen molar-refractivity contribution in [3.63, 3.8) is 0 Å². The molecular formula is C9H10Cl2N2O. The van der Waals surface area contributed by atoms with E-state index in [2.05, 4.69) is 5.32 Å². The van der Waals surface area contributed by atoms with Gasteiger partial charge in [0, 0.05) is 17.2 Å². The minimum Gasteiger partial charge on any atom is -0.326 e. The predicted molar refractivity (Wildman–Crippen MR) is 54.7 cm³/mol. The molecule has 1 aliphatic rings. The van der Waals surface area contributed by atoms with Gasteiger partial charge in [0.25, 0.3) is 5.91 Å². The van der Waals surface area contributed by atoms with Gasteiger partial charge in [-0.1, -0.05) is 36.5 Å². The van der Waals surface area contributed by atoms with Crippen molar-refractivity contribution in [3.8, 4) is 6.07 Å². The molecule has 0 spiro atoms. The van der Waals surface area contributed by atoms with Crippen molar-refractivity contribution in [2.45, 2.75) is 31.1 Å². The number of alkyl halides is 1. The van der Waals surface area contributed by atoms with Crippen LogP contribution in [0.15, 0.2) is 10.7 Å². The maximum absolute atomic E-state index is 11.4. The minimum atomic E-state index is -1.53. The van der Waals surface area contributed by atoms with Gasteiger partial charge >= 0.3 is 0 Å². The van der Waals surface area contributed by atoms with E-state index in [0.29, 0.717) is 17.2 Å². The number of nitrogens with zero attached hydrogens (tertiary/aromatic N) is 1. The Labute approximate surface area is 92.7 Å². The van der Waals surface area contributed by atoms with Crippen LogP contribution in [0.3, 0.4) is 0 Å². The molecule has 3 nitrogen and oxygen atoms in total. The smallest absolute Gasteiger partial charge is 0.260 e. The van der Waals surface area contributed by atoms with E-state index in [1.807, 2.05) is 6.92 Å². The quantitative estimate of drug-likeness (QED) is 0.743. The summed E-state index contributed by atoms with van der Waals surface area (Å²) in [7, 11) is 0. The summed E-state index contributed by atoms with van der Waals surface area (Å²) < 4.78 is 0. The van der Waals surface area contributed by atoms with Crippen molar-refractivity contribution < 1.29 is 4.79 Å². The zero-order valence-electron chi connectivity index (χ0n) is 7.73. The number of nitrogens with one attached hydrogen (secondary N) is 1. The average molecular weight is 233 g/mol. The fraction of sp³-hybridized carbons (Fsp3) is 0.556. The third-order valence-electron chi connectivity index (χ3n) is 2.03. The van der Waals surface area contributed by atoms with Gasteiger partial charge in [-0.25, -0.2) is 0 Å². The molecule has 0 saturated heterocycles. The Morgan fingerprint density at radius 3 is 2.86 bits per heavy atom. The SMILES string of the molecule is CCCC1=C(Cl)CC(Cl)(C#N)C(=O)N1. The summed E-state index contributed by atoms with van der Waals surface area (Å²) >= 11 is 11.7. The number of carbonyl (C=O) groups excluding carboxylic acids is 1. The highest BCUT2D eigenvalue weighted by atomic mass is 35.5. The molecule has 0 bridgehead atoms. The van der Waals surface area contributed by atoms with Crippen LogP contribution in [-0.2, 0) is 4.79 Å². The molecule has 1 amide bonds. The van der Waals surface area contributed by atoms with E-state index in [0.717, 1.165) is 6.42 Å². The van der Waals surface area contributed by atoms with Crippen molar-refractivity contribution in [3.05, 3.63) is 10.7 Å². The van der Waals surface area contributed by atoms with Crippen molar-refractivity contribution in [1.82, 2.24) is 5.32 Å². The Hall–Kier alpha value is -0.720. The summed E-state index contributed by atoms with van der Waals surface area (Å²) in [5.74, 6) is -0.477. The summed E-state index contributed by atoms with van der Waals surface area (Å²) in [4.78, 5) is 9.89. The second-order valence-corrected chi connectivity index (χ2v) is 4.28. The monoisotopic (exact) mass is 232 g/mol. The standard InChI is InChI=1S/C9H10Cl2N2O/c1-2-3-7-6(10)4-9(11,5-12)8(14)13-7/h2-4H2,1H3,(H,13,14). The Morgan fingerprint density at radius 1 is 1.71 bits per heavy atom. The highest BCUT2D eigenvalue weighted by Crippen LogP contribution is 2.32. The lowest BCUT2D eigenvalue weighted by Gasteiger charge is -2.26. The number of hydrogen-bond acceptors (Lipinski definition) is 2. The predicted octanol–water partition coefficient (Wildman–Crippen LogP) is 2.26. The Kier molecular flexibility index (Phi) is 3.41. The van der Waals surface area contributed by atoms with Crippen LogP contribution in [0.5, 0.6) is 0 Å². The summed E-state index contributed by atoms with van der Waals surface area (Å²) in [6, 6.07) is 1.76. The van der Waals surface area contributed by atoms with Gasteiger partial charge in [0.2, 0.25) is 4.87 Å². The second-order valence-electron chi connectivity index (χ2n) is 3.18. The van der Waals surface area contributed by atoms with Crippen molar-refractivity contribution in [1.29, 1.82) is 5.26 Å². The summed E-state index contributed by atoms with van der Waals surface area (Å²) in [6.45, 7) is 1.98. The average Bonchev–Trinajstić information content (AvgIpc) is 2.15. The van der Waals surface area contributed by atoms with E-state index in [1.165, 1.54) is 0 Å². The Bertz CT molecular complexity index is 332. The van der Waals surface area contributed by atoms with Crippen LogP contribution in [0.25, 0.3) is 0 Å². The molecule has 0 fully saturated rings. The van der Waals surface area contributed by atoms with Crippen LogP contribution in [0, 0.1) is 11.3 Å². The van der Waals surface area contributed by atoms with Gasteiger partial charge < -0.3 is 5.32 Å². The highest BCUT2D eigenvalue weighted by Gasteiger charge is 2.41. The zero-order valence-corrected chi connectivity index (χ0v) is 9.24. The number of halogens is 2. The summed E-state index contributed by atoms with van der Waals surface area (Å²) in [5, 5.41) is 11.8. The molecule has 1 heterocycles. The fourth-order valence-electron chi connectivity index (χ4n) is 1.24. The van der Waals surface area contributed by atoms with Gasteiger partial charge in [-0.05, 0) is 6.42 Å². The van der Waals surface area contributed by atoms with Gasteiger partial charge in [-0.3, -0.25) is 4.79 Å². The molecule has 0 saturated carbocycles. The number of amides is 1. The van der Waals surface area contributed by atoms with Crippen molar-refractivity contribution in [2.75, 3.05) is 0 Å². The van der Waals surface area contributed by atoms with Crippen LogP contribution in [0.4, 0.5) is 0 Å². The summed E-state index contributed by atoms with van der Waals surface area (Å²) in [6.07, 6.45) is 1.67. The molecule has 1 unspecified atom stereocenters. The maximum Gasteiger partial charge on any atom is 0.260 e. The first-order valence-electron chi connectivity index (χ1n) is 4.32. The van der Waals surface area contributed by atoms with E-state index >= 15 is 0 Å². The third kappa shape index (κ3) is 2.02. The van der Waals surface area contributed by atoms with Gasteiger partial charge in [0.05, 0.1) is 6.07 Å². The molecule has 1 aliphatic heterocycles. The lowest BCUT2D eigenvalue weighted by Crippen LogP contribution is -2.45. The van der Waals surface area contributed by atoms with E-state index in [-0.39, 0.29) is 6.42 Å². The fourth-order valence-corrected chi connectivity index (χ4v) is 1.83. The first-order valence-corrected chi connectivity index (χ1v) is 5.08. The van der Waals surface area contributed by atoms with Crippen molar-refractivity contribution >= 4 is 29.1 Å². The second kappa shape index (κ2) is 4.20. The minimum absolute atomic E-state index is 0.0910. The molecule has 0 aliphatic carbocycles. The van der Waals surface area contributed by atoms with Crippen LogP contribution >= 0.6 is 23.2 Å². The van der Waals surface area contributed by atoms with Gasteiger partial charge in [-0.2, -0.15) is 5.26 Å². The van der Waals surface area contributed by atoms with E-state index in [4.69, 9.17) is 28.5 Å². The maximum atomic E-state index is 11.4. The molecule has 0 aromatic heterocycles. The van der Waals surface area contributed by atoms with Gasteiger partial charge in [0.15, 0.2) is 0 Å². The first-order chi connectivity index (χ1) is 6.53. The molecule has 1 atom stereocenters. The normalized spacial score (nSPS) is 27.1. The number of carbonyl (C=O) groups is 1. The highest BCUT2D eigenvalue weighted by molar-refractivity contribution is 6.40. The van der Waals surface area contributed by atoms with Crippen molar-refractivity contribution in [2.24, 2.45) is 0 Å². The number of allylic oxidation sites excluding steroid dienone is 2. The van der Waals surface area contributed by atoms with E-state index in [9.17, 15) is 4.79 Å². The molecule has 0 aromatic rings. The largest absolute Gasteiger partial charge is 0.326 e. The molecule has 1 rings (SSSR count). The first kappa shape index (κ1) is 11.4. The Morgan fingerprint density at radius 2 is 2.36 bits per heavy atom. The lowest BCUT2D eigenvalue weighted by molar-refractivity contribution is -0.122. The van der Waals surface area contributed by atoms with Crippen LogP contribution in [-0.4, -0.2) is 10.8 Å². The third-order valence-corrected chi connectivity index (χ3v) is 2.78. The molecule has 5 heteroatoms. The Balaban J connectivity index is 2.93.